The molecule has 0 heterocycles. The Bertz CT molecular complexity index is 201. The highest BCUT2D eigenvalue weighted by atomic mass is 16.1. The van der Waals surface area contributed by atoms with Crippen LogP contribution in [-0.4, -0.2) is 5.78 Å². The molecule has 13 heavy (non-hydrogen) atoms. The van der Waals surface area contributed by atoms with Crippen LogP contribution in [0.5, 0.6) is 0 Å². The molecule has 0 N–H and O–H groups in total. The van der Waals surface area contributed by atoms with E-state index in [1.165, 1.54) is 5.57 Å². The standard InChI is InChI=1S/C12H20O/c1-5-7-12(11(4)13)9-8-10(3)6-2/h5,8,12H,1,6-7,9H2,2-4H3/b10-8+. The van der Waals surface area contributed by atoms with Crippen LogP contribution in [0.15, 0.2) is 24.3 Å². The first kappa shape index (κ1) is 12.2. The van der Waals surface area contributed by atoms with Crippen molar-refractivity contribution in [2.45, 2.75) is 40.0 Å². The molecule has 0 aromatic heterocycles. The molecule has 1 unspecified atom stereocenters. The molecule has 0 saturated heterocycles. The van der Waals surface area contributed by atoms with Gasteiger partial charge < -0.3 is 0 Å². The zero-order chi connectivity index (χ0) is 10.3. The van der Waals surface area contributed by atoms with E-state index in [1.54, 1.807) is 6.92 Å². The average Bonchev–Trinajstić information content (AvgIpc) is 2.11. The highest BCUT2D eigenvalue weighted by molar-refractivity contribution is 5.78. The lowest BCUT2D eigenvalue weighted by Gasteiger charge is -2.08. The van der Waals surface area contributed by atoms with Crippen molar-refractivity contribution >= 4 is 5.78 Å². The van der Waals surface area contributed by atoms with Crippen LogP contribution in [0.2, 0.25) is 0 Å². The van der Waals surface area contributed by atoms with Gasteiger partial charge in [0.05, 0.1) is 0 Å². The number of Topliss-reactive ketones (excluding diaryl/α,β-unsaturated/α-hetero) is 1. The van der Waals surface area contributed by atoms with Gasteiger partial charge in [0, 0.05) is 5.92 Å². The van der Waals surface area contributed by atoms with E-state index in [9.17, 15) is 4.79 Å². The third-order valence-corrected chi connectivity index (χ3v) is 2.33. The van der Waals surface area contributed by atoms with Crippen molar-refractivity contribution < 1.29 is 4.79 Å². The van der Waals surface area contributed by atoms with Crippen LogP contribution in [0.25, 0.3) is 0 Å². The van der Waals surface area contributed by atoms with Gasteiger partial charge in [-0.2, -0.15) is 0 Å². The lowest BCUT2D eigenvalue weighted by Crippen LogP contribution is -2.08. The first-order chi connectivity index (χ1) is 6.11. The Balaban J connectivity index is 4.10. The Hall–Kier alpha value is -0.850. The van der Waals surface area contributed by atoms with Crippen LogP contribution in [-0.2, 0) is 4.79 Å². The smallest absolute Gasteiger partial charge is 0.133 e. The molecule has 0 aliphatic carbocycles. The summed E-state index contributed by atoms with van der Waals surface area (Å²) in [4.78, 5) is 11.2. The van der Waals surface area contributed by atoms with Crippen LogP contribution >= 0.6 is 0 Å². The van der Waals surface area contributed by atoms with Gasteiger partial charge in [-0.3, -0.25) is 4.79 Å². The zero-order valence-electron chi connectivity index (χ0n) is 8.97. The van der Waals surface area contributed by atoms with Crippen LogP contribution < -0.4 is 0 Å². The number of carbonyl (C=O) groups excluding carboxylic acids is 1. The van der Waals surface area contributed by atoms with Gasteiger partial charge in [0.15, 0.2) is 0 Å². The fourth-order valence-electron chi connectivity index (χ4n) is 1.12. The van der Waals surface area contributed by atoms with Gasteiger partial charge in [-0.1, -0.05) is 24.6 Å². The molecular weight excluding hydrogens is 160 g/mol. The van der Waals surface area contributed by atoms with Crippen molar-refractivity contribution in [1.29, 1.82) is 0 Å². The number of ketones is 1. The van der Waals surface area contributed by atoms with Gasteiger partial charge in [-0.15, -0.1) is 6.58 Å². The molecule has 0 spiro atoms. The molecule has 0 bridgehead atoms. The van der Waals surface area contributed by atoms with E-state index in [0.29, 0.717) is 0 Å². The van der Waals surface area contributed by atoms with E-state index < -0.39 is 0 Å². The maximum atomic E-state index is 11.2. The Kier molecular flexibility index (Phi) is 6.21. The van der Waals surface area contributed by atoms with E-state index in [4.69, 9.17) is 0 Å². The minimum Gasteiger partial charge on any atom is -0.300 e. The summed E-state index contributed by atoms with van der Waals surface area (Å²) in [6.07, 6.45) is 6.71. The van der Waals surface area contributed by atoms with Gasteiger partial charge >= 0.3 is 0 Å². The van der Waals surface area contributed by atoms with Crippen molar-refractivity contribution in [3.63, 3.8) is 0 Å². The lowest BCUT2D eigenvalue weighted by atomic mass is 9.96. The molecule has 74 valence electrons. The Morgan fingerprint density at radius 1 is 1.38 bits per heavy atom. The summed E-state index contributed by atoms with van der Waals surface area (Å²) in [6.45, 7) is 9.54. The van der Waals surface area contributed by atoms with Gasteiger partial charge in [-0.25, -0.2) is 0 Å². The van der Waals surface area contributed by atoms with E-state index in [-0.39, 0.29) is 11.7 Å². The van der Waals surface area contributed by atoms with E-state index in [2.05, 4.69) is 26.5 Å². The molecular formula is C12H20O. The van der Waals surface area contributed by atoms with Crippen molar-refractivity contribution in [2.75, 3.05) is 0 Å². The number of rotatable bonds is 6. The van der Waals surface area contributed by atoms with Crippen LogP contribution in [0.1, 0.15) is 40.0 Å². The molecule has 0 aliphatic heterocycles. The molecule has 0 saturated carbocycles. The summed E-state index contributed by atoms with van der Waals surface area (Å²) >= 11 is 0. The van der Waals surface area contributed by atoms with Crippen molar-refractivity contribution in [3.8, 4) is 0 Å². The third kappa shape index (κ3) is 5.40. The number of allylic oxidation sites excluding steroid dienone is 3. The number of hydrogen-bond donors (Lipinski definition) is 0. The second-order valence-electron chi connectivity index (χ2n) is 3.47. The summed E-state index contributed by atoms with van der Waals surface area (Å²) in [5.74, 6) is 0.402. The summed E-state index contributed by atoms with van der Waals surface area (Å²) in [5, 5.41) is 0. The highest BCUT2D eigenvalue weighted by Crippen LogP contribution is 2.13. The molecule has 0 aromatic rings. The Morgan fingerprint density at radius 3 is 2.38 bits per heavy atom. The monoisotopic (exact) mass is 180 g/mol. The van der Waals surface area contributed by atoms with Gasteiger partial charge in [0.25, 0.3) is 0 Å². The molecule has 0 aliphatic rings. The van der Waals surface area contributed by atoms with Crippen molar-refractivity contribution in [1.82, 2.24) is 0 Å². The molecule has 1 atom stereocenters. The maximum Gasteiger partial charge on any atom is 0.133 e. The van der Waals surface area contributed by atoms with Crippen LogP contribution in [0, 0.1) is 5.92 Å². The second kappa shape index (κ2) is 6.64. The summed E-state index contributed by atoms with van der Waals surface area (Å²) in [5.41, 5.74) is 1.36. The largest absolute Gasteiger partial charge is 0.300 e. The number of carbonyl (C=O) groups is 1. The van der Waals surface area contributed by atoms with E-state index in [0.717, 1.165) is 19.3 Å². The fraction of sp³-hybridized carbons (Fsp3) is 0.583. The molecule has 0 amide bonds. The lowest BCUT2D eigenvalue weighted by molar-refractivity contribution is -0.120. The quantitative estimate of drug-likeness (QED) is 0.572. The normalized spacial score (nSPS) is 13.9. The van der Waals surface area contributed by atoms with Gasteiger partial charge in [0.2, 0.25) is 0 Å². The van der Waals surface area contributed by atoms with Crippen LogP contribution in [0.3, 0.4) is 0 Å². The third-order valence-electron chi connectivity index (χ3n) is 2.33. The molecule has 0 aromatic carbocycles. The zero-order valence-corrected chi connectivity index (χ0v) is 8.97. The Morgan fingerprint density at radius 2 is 2.00 bits per heavy atom. The molecule has 0 fully saturated rings. The second-order valence-corrected chi connectivity index (χ2v) is 3.47. The van der Waals surface area contributed by atoms with E-state index >= 15 is 0 Å². The van der Waals surface area contributed by atoms with Gasteiger partial charge in [-0.05, 0) is 33.1 Å². The summed E-state index contributed by atoms with van der Waals surface area (Å²) < 4.78 is 0. The topological polar surface area (TPSA) is 17.1 Å². The predicted molar refractivity (Wildman–Crippen MR) is 57.7 cm³/mol. The molecule has 1 nitrogen and oxygen atoms in total. The van der Waals surface area contributed by atoms with E-state index in [1.807, 2.05) is 6.08 Å². The van der Waals surface area contributed by atoms with Crippen LogP contribution in [0.4, 0.5) is 0 Å². The predicted octanol–water partition coefficient (Wildman–Crippen LogP) is 3.51. The first-order valence-electron chi connectivity index (χ1n) is 4.88. The Labute approximate surface area is 81.5 Å². The van der Waals surface area contributed by atoms with Gasteiger partial charge in [0.1, 0.15) is 5.78 Å². The summed E-state index contributed by atoms with van der Waals surface area (Å²) in [7, 11) is 0. The first-order valence-corrected chi connectivity index (χ1v) is 4.88. The minimum atomic E-state index is 0.138. The average molecular weight is 180 g/mol. The minimum absolute atomic E-state index is 0.138. The SMILES string of the molecule is C=CCC(C/C=C(\C)CC)C(C)=O. The van der Waals surface area contributed by atoms with Crippen molar-refractivity contribution in [2.24, 2.45) is 5.92 Å². The highest BCUT2D eigenvalue weighted by Gasteiger charge is 2.09. The maximum absolute atomic E-state index is 11.2. The fourth-order valence-corrected chi connectivity index (χ4v) is 1.12. The molecule has 1 heteroatoms. The molecule has 0 radical (unpaired) electrons. The molecule has 0 rings (SSSR count). The van der Waals surface area contributed by atoms with Crippen molar-refractivity contribution in [3.05, 3.63) is 24.3 Å². The number of hydrogen-bond acceptors (Lipinski definition) is 1. The summed E-state index contributed by atoms with van der Waals surface area (Å²) in [6, 6.07) is 0.